The predicted octanol–water partition coefficient (Wildman–Crippen LogP) is 0.510. The number of alkyl carbamates (subject to hydrolysis) is 1. The Bertz CT molecular complexity index is 682. The van der Waals surface area contributed by atoms with Crippen LogP contribution in [0.25, 0.3) is 0 Å². The molecule has 3 atom stereocenters. The Morgan fingerprint density at radius 1 is 1.26 bits per heavy atom. The Kier molecular flexibility index (Phi) is 6.28. The molecule has 2 aliphatic heterocycles. The molecule has 4 N–H and O–H groups in total. The van der Waals surface area contributed by atoms with Gasteiger partial charge in [0, 0.05) is 6.54 Å². The molecule has 1 aromatic carbocycles. The largest absolute Gasteiger partial charge is 0.445 e. The first-order valence-electron chi connectivity index (χ1n) is 9.36. The Hall–Kier alpha value is -2.61. The van der Waals surface area contributed by atoms with E-state index in [1.54, 1.807) is 4.90 Å². The molecule has 2 aliphatic rings. The predicted molar refractivity (Wildman–Crippen MR) is 98.5 cm³/mol. The quantitative estimate of drug-likeness (QED) is 0.602. The second-order valence-corrected chi connectivity index (χ2v) is 6.99. The number of ether oxygens (including phenoxy) is 1. The number of nitrogens with one attached hydrogen (secondary N) is 2. The molecule has 8 heteroatoms. The molecule has 0 unspecified atom stereocenters. The van der Waals surface area contributed by atoms with Crippen molar-refractivity contribution in [3.05, 3.63) is 35.9 Å². The molecule has 0 saturated carbocycles. The lowest BCUT2D eigenvalue weighted by molar-refractivity contribution is -0.147. The molecule has 2 heterocycles. The van der Waals surface area contributed by atoms with Crippen molar-refractivity contribution in [1.29, 1.82) is 0 Å². The normalized spacial score (nSPS) is 24.3. The highest BCUT2D eigenvalue weighted by Crippen LogP contribution is 2.24. The van der Waals surface area contributed by atoms with Gasteiger partial charge in [-0.25, -0.2) is 4.79 Å². The number of fused-ring (bicyclic) bond motifs is 1. The summed E-state index contributed by atoms with van der Waals surface area (Å²) in [6, 6.07) is 8.07. The van der Waals surface area contributed by atoms with E-state index >= 15 is 0 Å². The van der Waals surface area contributed by atoms with Crippen molar-refractivity contribution < 1.29 is 19.1 Å². The van der Waals surface area contributed by atoms with Crippen LogP contribution in [0, 0.1) is 0 Å². The number of hydrogen-bond acceptors (Lipinski definition) is 5. The molecular formula is C19H26N4O4. The summed E-state index contributed by atoms with van der Waals surface area (Å²) in [5.41, 5.74) is 6.38. The van der Waals surface area contributed by atoms with E-state index in [2.05, 4.69) is 10.6 Å². The lowest BCUT2D eigenvalue weighted by Crippen LogP contribution is -2.61. The Morgan fingerprint density at radius 2 is 2.04 bits per heavy atom. The number of amides is 3. The third kappa shape index (κ3) is 4.77. The highest BCUT2D eigenvalue weighted by atomic mass is 16.5. The highest BCUT2D eigenvalue weighted by Gasteiger charge is 2.46. The molecule has 0 aliphatic carbocycles. The third-order valence-corrected chi connectivity index (χ3v) is 4.98. The van der Waals surface area contributed by atoms with E-state index in [4.69, 9.17) is 10.5 Å². The number of benzene rings is 1. The van der Waals surface area contributed by atoms with Gasteiger partial charge in [0.05, 0.1) is 6.04 Å². The first kappa shape index (κ1) is 19.2. The molecule has 1 aromatic rings. The van der Waals surface area contributed by atoms with Gasteiger partial charge in [0.15, 0.2) is 0 Å². The first-order chi connectivity index (χ1) is 13.1. The molecule has 8 nitrogen and oxygen atoms in total. The Balaban J connectivity index is 1.50. The molecule has 2 fully saturated rings. The molecular weight excluding hydrogens is 348 g/mol. The fraction of sp³-hybridized carbons (Fsp3) is 0.526. The van der Waals surface area contributed by atoms with Gasteiger partial charge in [-0.2, -0.15) is 0 Å². The average Bonchev–Trinajstić information content (AvgIpc) is 3.09. The number of nitrogens with two attached hydrogens (primary N) is 1. The number of piperazine rings is 1. The minimum absolute atomic E-state index is 0.0847. The molecule has 0 bridgehead atoms. The maximum atomic E-state index is 12.6. The molecule has 0 spiro atoms. The van der Waals surface area contributed by atoms with E-state index in [1.165, 1.54) is 0 Å². The van der Waals surface area contributed by atoms with Crippen LogP contribution in [0.1, 0.15) is 31.2 Å². The zero-order valence-corrected chi connectivity index (χ0v) is 15.2. The molecule has 2 saturated heterocycles. The molecule has 3 rings (SSSR count). The lowest BCUT2D eigenvalue weighted by Gasteiger charge is -2.34. The Morgan fingerprint density at radius 3 is 2.78 bits per heavy atom. The summed E-state index contributed by atoms with van der Waals surface area (Å²) in [6.07, 6.45) is 2.05. The zero-order chi connectivity index (χ0) is 19.2. The molecule has 0 aromatic heterocycles. The second-order valence-electron chi connectivity index (χ2n) is 6.99. The van der Waals surface area contributed by atoms with E-state index in [9.17, 15) is 14.4 Å². The SMILES string of the molecule is NCCCC[C@@H]1NC(=O)[C@@H]2C[C@H](NC(=O)OCc3ccccc3)CN2C1=O. The van der Waals surface area contributed by atoms with Crippen LogP contribution in [0.2, 0.25) is 0 Å². The van der Waals surface area contributed by atoms with Crippen LogP contribution in [0.5, 0.6) is 0 Å². The van der Waals surface area contributed by atoms with Crippen LogP contribution in [-0.4, -0.2) is 54.0 Å². The van der Waals surface area contributed by atoms with Gasteiger partial charge in [-0.1, -0.05) is 30.3 Å². The van der Waals surface area contributed by atoms with Gasteiger partial charge >= 0.3 is 6.09 Å². The number of unbranched alkanes of at least 4 members (excludes halogenated alkanes) is 1. The zero-order valence-electron chi connectivity index (χ0n) is 15.2. The summed E-state index contributed by atoms with van der Waals surface area (Å²) in [5.74, 6) is -0.243. The van der Waals surface area contributed by atoms with Crippen LogP contribution < -0.4 is 16.4 Å². The van der Waals surface area contributed by atoms with E-state index in [1.807, 2.05) is 30.3 Å². The summed E-state index contributed by atoms with van der Waals surface area (Å²) in [7, 11) is 0. The van der Waals surface area contributed by atoms with Gasteiger partial charge in [0.2, 0.25) is 11.8 Å². The number of hydrogen-bond donors (Lipinski definition) is 3. The van der Waals surface area contributed by atoms with Gasteiger partial charge in [-0.15, -0.1) is 0 Å². The van der Waals surface area contributed by atoms with E-state index in [-0.39, 0.29) is 24.5 Å². The molecule has 27 heavy (non-hydrogen) atoms. The van der Waals surface area contributed by atoms with Crippen molar-refractivity contribution in [3.63, 3.8) is 0 Å². The van der Waals surface area contributed by atoms with Crippen LogP contribution in [0.15, 0.2) is 30.3 Å². The number of carbonyl (C=O) groups is 3. The molecule has 3 amide bonds. The van der Waals surface area contributed by atoms with Crippen molar-refractivity contribution in [2.75, 3.05) is 13.1 Å². The van der Waals surface area contributed by atoms with Gasteiger partial charge in [0.25, 0.3) is 0 Å². The summed E-state index contributed by atoms with van der Waals surface area (Å²) < 4.78 is 5.22. The van der Waals surface area contributed by atoms with Gasteiger partial charge in [-0.3, -0.25) is 9.59 Å². The van der Waals surface area contributed by atoms with Gasteiger partial charge < -0.3 is 26.0 Å². The maximum absolute atomic E-state index is 12.6. The Labute approximate surface area is 158 Å². The minimum atomic E-state index is -0.545. The van der Waals surface area contributed by atoms with Gasteiger partial charge in [0.1, 0.15) is 18.7 Å². The maximum Gasteiger partial charge on any atom is 0.407 e. The van der Waals surface area contributed by atoms with E-state index < -0.39 is 18.2 Å². The smallest absolute Gasteiger partial charge is 0.407 e. The summed E-state index contributed by atoms with van der Waals surface area (Å²) in [6.45, 7) is 1.07. The molecule has 146 valence electrons. The fourth-order valence-corrected chi connectivity index (χ4v) is 3.58. The molecule has 0 radical (unpaired) electrons. The second kappa shape index (κ2) is 8.85. The monoisotopic (exact) mass is 374 g/mol. The summed E-state index contributed by atoms with van der Waals surface area (Å²) >= 11 is 0. The minimum Gasteiger partial charge on any atom is -0.445 e. The van der Waals surface area contributed by atoms with Crippen molar-refractivity contribution in [3.8, 4) is 0 Å². The average molecular weight is 374 g/mol. The van der Waals surface area contributed by atoms with Crippen molar-refractivity contribution >= 4 is 17.9 Å². The number of rotatable bonds is 7. The first-order valence-corrected chi connectivity index (χ1v) is 9.36. The number of carbonyl (C=O) groups excluding carboxylic acids is 3. The summed E-state index contributed by atoms with van der Waals surface area (Å²) in [4.78, 5) is 38.6. The standard InChI is InChI=1S/C19H26N4O4/c20-9-5-4-8-15-18(25)23-11-14(10-16(23)17(24)22-15)21-19(26)27-12-13-6-2-1-3-7-13/h1-3,6-7,14-16H,4-5,8-12,20H2,(H,21,26)(H,22,24)/t14-,15-,16-/m0/s1. The van der Waals surface area contributed by atoms with Crippen molar-refractivity contribution in [1.82, 2.24) is 15.5 Å². The third-order valence-electron chi connectivity index (χ3n) is 4.98. The van der Waals surface area contributed by atoms with E-state index in [0.29, 0.717) is 25.9 Å². The lowest BCUT2D eigenvalue weighted by atomic mass is 10.0. The highest BCUT2D eigenvalue weighted by molar-refractivity contribution is 5.97. The van der Waals surface area contributed by atoms with Crippen LogP contribution in [0.4, 0.5) is 4.79 Å². The van der Waals surface area contributed by atoms with Crippen molar-refractivity contribution in [2.45, 2.75) is 50.4 Å². The van der Waals surface area contributed by atoms with Crippen LogP contribution >= 0.6 is 0 Å². The van der Waals surface area contributed by atoms with Crippen LogP contribution in [-0.2, 0) is 20.9 Å². The fourth-order valence-electron chi connectivity index (χ4n) is 3.58. The topological polar surface area (TPSA) is 114 Å². The van der Waals surface area contributed by atoms with E-state index in [0.717, 1.165) is 18.4 Å². The van der Waals surface area contributed by atoms with Crippen molar-refractivity contribution in [2.24, 2.45) is 5.73 Å². The van der Waals surface area contributed by atoms with Gasteiger partial charge in [-0.05, 0) is 37.8 Å². The number of nitrogens with zero attached hydrogens (tertiary/aromatic N) is 1. The summed E-state index contributed by atoms with van der Waals surface area (Å²) in [5, 5.41) is 5.56. The van der Waals surface area contributed by atoms with Crippen LogP contribution in [0.3, 0.4) is 0 Å².